The minimum atomic E-state index is -0.493. The normalized spacial score (nSPS) is 17.5. The van der Waals surface area contributed by atoms with E-state index in [1.165, 1.54) is 0 Å². The van der Waals surface area contributed by atoms with Crippen molar-refractivity contribution in [3.05, 3.63) is 44.5 Å². The van der Waals surface area contributed by atoms with Crippen LogP contribution >= 0.6 is 34.5 Å². The molecule has 2 aromatic rings. The van der Waals surface area contributed by atoms with Gasteiger partial charge in [-0.15, -0.1) is 11.3 Å². The fourth-order valence-electron chi connectivity index (χ4n) is 2.63. The molecule has 122 valence electrons. The van der Waals surface area contributed by atoms with Crippen LogP contribution in [0.4, 0.5) is 0 Å². The molecule has 3 rings (SSSR count). The highest BCUT2D eigenvalue weighted by molar-refractivity contribution is 7.20. The van der Waals surface area contributed by atoms with E-state index in [4.69, 9.17) is 27.6 Å². The summed E-state index contributed by atoms with van der Waals surface area (Å²) < 4.78 is 5.99. The summed E-state index contributed by atoms with van der Waals surface area (Å²) in [4.78, 5) is 26.6. The van der Waals surface area contributed by atoms with Gasteiger partial charge in [-0.25, -0.2) is 0 Å². The van der Waals surface area contributed by atoms with E-state index in [2.05, 4.69) is 5.32 Å². The lowest BCUT2D eigenvalue weighted by Gasteiger charge is -2.23. The Morgan fingerprint density at radius 2 is 2.26 bits per heavy atom. The van der Waals surface area contributed by atoms with Crippen LogP contribution in [0.25, 0.3) is 0 Å². The third-order valence-corrected chi connectivity index (χ3v) is 5.21. The van der Waals surface area contributed by atoms with Crippen molar-refractivity contribution in [1.29, 1.82) is 0 Å². The summed E-state index contributed by atoms with van der Waals surface area (Å²) in [6, 6.07) is 4.60. The maximum Gasteiger partial charge on any atom is 0.256 e. The summed E-state index contributed by atoms with van der Waals surface area (Å²) in [5.74, 6) is 0.223. The van der Waals surface area contributed by atoms with Gasteiger partial charge in [0.25, 0.3) is 5.91 Å². The molecule has 1 aliphatic heterocycles. The second-order valence-electron chi connectivity index (χ2n) is 5.19. The number of thiophene rings is 1. The second kappa shape index (κ2) is 6.95. The molecule has 0 radical (unpaired) electrons. The lowest BCUT2D eigenvalue weighted by molar-refractivity contribution is -0.125. The average molecular weight is 373 g/mol. The van der Waals surface area contributed by atoms with E-state index in [-0.39, 0.29) is 11.8 Å². The Bertz CT molecular complexity index is 714. The van der Waals surface area contributed by atoms with Crippen molar-refractivity contribution in [2.45, 2.75) is 25.4 Å². The molecule has 1 aliphatic rings. The van der Waals surface area contributed by atoms with Crippen molar-refractivity contribution in [2.24, 2.45) is 0 Å². The van der Waals surface area contributed by atoms with Crippen molar-refractivity contribution in [1.82, 2.24) is 10.2 Å². The highest BCUT2D eigenvalue weighted by Gasteiger charge is 2.35. The zero-order chi connectivity index (χ0) is 16.4. The van der Waals surface area contributed by atoms with Crippen molar-refractivity contribution >= 4 is 46.4 Å². The molecule has 1 N–H and O–H groups in total. The quantitative estimate of drug-likeness (QED) is 0.891. The summed E-state index contributed by atoms with van der Waals surface area (Å²) in [6.45, 7) is 0.830. The Labute approximate surface area is 147 Å². The van der Waals surface area contributed by atoms with Crippen LogP contribution in [0.3, 0.4) is 0 Å². The van der Waals surface area contributed by atoms with Crippen molar-refractivity contribution in [3.8, 4) is 0 Å². The molecular weight excluding hydrogens is 359 g/mol. The third kappa shape index (κ3) is 3.54. The largest absolute Gasteiger partial charge is 0.467 e. The van der Waals surface area contributed by atoms with Gasteiger partial charge in [-0.3, -0.25) is 9.59 Å². The molecule has 2 aromatic heterocycles. The number of halogens is 2. The van der Waals surface area contributed by atoms with Crippen LogP contribution in [-0.2, 0) is 11.3 Å². The Balaban J connectivity index is 1.68. The number of hydrogen-bond donors (Lipinski definition) is 1. The molecule has 2 amide bonds. The molecule has 5 nitrogen and oxygen atoms in total. The van der Waals surface area contributed by atoms with Crippen molar-refractivity contribution in [2.75, 3.05) is 6.54 Å². The third-order valence-electron chi connectivity index (χ3n) is 3.72. The summed E-state index contributed by atoms with van der Waals surface area (Å²) in [7, 11) is 0. The van der Waals surface area contributed by atoms with Crippen molar-refractivity contribution in [3.63, 3.8) is 0 Å². The summed E-state index contributed by atoms with van der Waals surface area (Å²) in [5, 5.41) is 2.80. The lowest BCUT2D eigenvalue weighted by Crippen LogP contribution is -2.45. The fourth-order valence-corrected chi connectivity index (χ4v) is 4.08. The average Bonchev–Trinajstić information content (AvgIpc) is 3.24. The topological polar surface area (TPSA) is 62.6 Å². The molecule has 1 fully saturated rings. The van der Waals surface area contributed by atoms with Gasteiger partial charge >= 0.3 is 0 Å². The van der Waals surface area contributed by atoms with Crippen LogP contribution in [0.2, 0.25) is 8.67 Å². The van der Waals surface area contributed by atoms with Crippen LogP contribution in [-0.4, -0.2) is 29.3 Å². The number of carbonyl (C=O) groups excluding carboxylic acids is 2. The number of likely N-dealkylation sites (tertiary alicyclic amines) is 1. The van der Waals surface area contributed by atoms with Gasteiger partial charge in [-0.05, 0) is 31.0 Å². The first-order valence-corrected chi connectivity index (χ1v) is 8.69. The lowest BCUT2D eigenvalue weighted by atomic mass is 10.2. The summed E-state index contributed by atoms with van der Waals surface area (Å²) in [5.41, 5.74) is 0.354. The first-order chi connectivity index (χ1) is 11.1. The standard InChI is InChI=1S/C15H14Cl2N2O3S/c16-12-7-10(13(17)23-12)15(21)19-5-1-4-11(19)14(20)18-8-9-3-2-6-22-9/h2-3,6-7,11H,1,4-5,8H2,(H,18,20)/t11-/m1/s1. The predicted octanol–water partition coefficient (Wildman–Crippen LogP) is 3.57. The SMILES string of the molecule is O=C(NCc1ccco1)[C@H]1CCCN1C(=O)c1cc(Cl)sc1Cl. The van der Waals surface area contributed by atoms with Gasteiger partial charge in [0.2, 0.25) is 5.91 Å². The van der Waals surface area contributed by atoms with E-state index < -0.39 is 6.04 Å². The van der Waals surface area contributed by atoms with E-state index >= 15 is 0 Å². The summed E-state index contributed by atoms with van der Waals surface area (Å²) in [6.07, 6.45) is 2.96. The molecule has 8 heteroatoms. The monoisotopic (exact) mass is 372 g/mol. The van der Waals surface area contributed by atoms with E-state index in [1.54, 1.807) is 29.4 Å². The van der Waals surface area contributed by atoms with E-state index in [9.17, 15) is 9.59 Å². The predicted molar refractivity (Wildman–Crippen MR) is 89.0 cm³/mol. The first-order valence-electron chi connectivity index (χ1n) is 7.12. The van der Waals surface area contributed by atoms with E-state index in [0.29, 0.717) is 39.5 Å². The molecule has 23 heavy (non-hydrogen) atoms. The van der Waals surface area contributed by atoms with E-state index in [0.717, 1.165) is 17.8 Å². The number of amides is 2. The van der Waals surface area contributed by atoms with Crippen LogP contribution < -0.4 is 5.32 Å². The number of furan rings is 1. The molecule has 0 saturated carbocycles. The number of rotatable bonds is 4. The summed E-state index contributed by atoms with van der Waals surface area (Å²) >= 11 is 13.1. The fraction of sp³-hybridized carbons (Fsp3) is 0.333. The second-order valence-corrected chi connectivity index (χ2v) is 7.48. The van der Waals surface area contributed by atoms with Gasteiger partial charge in [0.15, 0.2) is 0 Å². The van der Waals surface area contributed by atoms with Gasteiger partial charge in [-0.2, -0.15) is 0 Å². The molecule has 1 atom stereocenters. The van der Waals surface area contributed by atoms with Gasteiger partial charge in [0.05, 0.1) is 22.7 Å². The zero-order valence-electron chi connectivity index (χ0n) is 12.1. The van der Waals surface area contributed by atoms with Crippen LogP contribution in [0.15, 0.2) is 28.9 Å². The maximum absolute atomic E-state index is 12.6. The highest BCUT2D eigenvalue weighted by Crippen LogP contribution is 2.33. The van der Waals surface area contributed by atoms with E-state index in [1.807, 2.05) is 0 Å². The number of hydrogen-bond acceptors (Lipinski definition) is 4. The van der Waals surface area contributed by atoms with Crippen molar-refractivity contribution < 1.29 is 14.0 Å². The minimum absolute atomic E-state index is 0.190. The Kier molecular flexibility index (Phi) is 4.94. The van der Waals surface area contributed by atoms with Gasteiger partial charge in [0.1, 0.15) is 16.1 Å². The highest BCUT2D eigenvalue weighted by atomic mass is 35.5. The van der Waals surface area contributed by atoms with Gasteiger partial charge in [-0.1, -0.05) is 23.2 Å². The zero-order valence-corrected chi connectivity index (χ0v) is 14.4. The molecule has 0 aromatic carbocycles. The molecular formula is C15H14Cl2N2O3S. The number of carbonyl (C=O) groups is 2. The molecule has 1 saturated heterocycles. The maximum atomic E-state index is 12.6. The van der Waals surface area contributed by atoms with Crippen LogP contribution in [0, 0.1) is 0 Å². The Hall–Kier alpha value is -1.50. The molecule has 3 heterocycles. The molecule has 0 aliphatic carbocycles. The Morgan fingerprint density at radius 1 is 1.43 bits per heavy atom. The van der Waals surface area contributed by atoms with Gasteiger partial charge in [0, 0.05) is 6.54 Å². The van der Waals surface area contributed by atoms with Crippen LogP contribution in [0.5, 0.6) is 0 Å². The molecule has 0 unspecified atom stereocenters. The minimum Gasteiger partial charge on any atom is -0.467 e. The Morgan fingerprint density at radius 3 is 2.91 bits per heavy atom. The number of nitrogens with one attached hydrogen (secondary N) is 1. The van der Waals surface area contributed by atoms with Gasteiger partial charge < -0.3 is 14.6 Å². The molecule has 0 spiro atoms. The number of nitrogens with zero attached hydrogens (tertiary/aromatic N) is 1. The van der Waals surface area contributed by atoms with Crippen LogP contribution in [0.1, 0.15) is 29.0 Å². The smallest absolute Gasteiger partial charge is 0.256 e. The molecule has 0 bridgehead atoms. The first kappa shape index (κ1) is 16.4.